The smallest absolute Gasteiger partial charge is 0.242 e. The van der Waals surface area contributed by atoms with Crippen LogP contribution < -0.4 is 10.6 Å². The average molecular weight is 277 g/mol. The van der Waals surface area contributed by atoms with Crippen molar-refractivity contribution >= 4 is 35.8 Å². The molecule has 17 heavy (non-hydrogen) atoms. The summed E-state index contributed by atoms with van der Waals surface area (Å²) in [5.41, 5.74) is 1.02. The van der Waals surface area contributed by atoms with Gasteiger partial charge in [0.1, 0.15) is 5.82 Å². The zero-order valence-electron chi connectivity index (χ0n) is 9.33. The van der Waals surface area contributed by atoms with E-state index in [0.717, 1.165) is 11.6 Å². The van der Waals surface area contributed by atoms with Gasteiger partial charge >= 0.3 is 0 Å². The third-order valence-electron chi connectivity index (χ3n) is 2.56. The van der Waals surface area contributed by atoms with Gasteiger partial charge in [-0.25, -0.2) is 4.39 Å². The summed E-state index contributed by atoms with van der Waals surface area (Å²) in [4.78, 5) is 11.8. The van der Waals surface area contributed by atoms with Gasteiger partial charge in [-0.3, -0.25) is 10.1 Å². The highest BCUT2D eigenvalue weighted by Gasteiger charge is 2.22. The first-order valence-electron chi connectivity index (χ1n) is 5.05. The van der Waals surface area contributed by atoms with Crippen LogP contribution in [0.3, 0.4) is 0 Å². The highest BCUT2D eigenvalue weighted by molar-refractivity contribution is 7.99. The molecule has 1 fully saturated rings. The fourth-order valence-electron chi connectivity index (χ4n) is 1.53. The van der Waals surface area contributed by atoms with E-state index in [9.17, 15) is 9.18 Å². The molecule has 1 unspecified atom stereocenters. The predicted octanol–water partition coefficient (Wildman–Crippen LogP) is 2.16. The van der Waals surface area contributed by atoms with Gasteiger partial charge in [0.25, 0.3) is 0 Å². The second kappa shape index (κ2) is 6.23. The summed E-state index contributed by atoms with van der Waals surface area (Å²) in [5, 5.41) is 5.81. The van der Waals surface area contributed by atoms with E-state index in [1.165, 1.54) is 6.07 Å². The molecular formula is C11H14ClFN2OS. The summed E-state index contributed by atoms with van der Waals surface area (Å²) in [7, 11) is 0. The second-order valence-corrected chi connectivity index (χ2v) is 4.70. The van der Waals surface area contributed by atoms with Crippen molar-refractivity contribution in [2.24, 2.45) is 0 Å². The Labute approximate surface area is 110 Å². The van der Waals surface area contributed by atoms with E-state index >= 15 is 0 Å². The Morgan fingerprint density at radius 3 is 3.00 bits per heavy atom. The molecule has 2 rings (SSSR count). The number of hydrogen-bond acceptors (Lipinski definition) is 3. The summed E-state index contributed by atoms with van der Waals surface area (Å²) < 4.78 is 13.2. The van der Waals surface area contributed by atoms with Crippen LogP contribution in [-0.4, -0.2) is 23.6 Å². The molecule has 1 aliphatic rings. The Bertz CT molecular complexity index is 410. The Morgan fingerprint density at radius 2 is 2.35 bits per heavy atom. The molecule has 6 heteroatoms. The molecule has 0 aromatic heterocycles. The molecule has 1 atom stereocenters. The molecule has 1 amide bonds. The van der Waals surface area contributed by atoms with E-state index in [-0.39, 0.29) is 30.2 Å². The fraction of sp³-hybridized carbons (Fsp3) is 0.364. The van der Waals surface area contributed by atoms with Gasteiger partial charge in [0.2, 0.25) is 5.91 Å². The largest absolute Gasteiger partial charge is 0.324 e. The third kappa shape index (κ3) is 3.34. The minimum absolute atomic E-state index is 0. The zero-order chi connectivity index (χ0) is 11.5. The van der Waals surface area contributed by atoms with E-state index in [1.54, 1.807) is 30.8 Å². The normalized spacial score (nSPS) is 18.6. The van der Waals surface area contributed by atoms with Gasteiger partial charge < -0.3 is 5.32 Å². The van der Waals surface area contributed by atoms with Crippen molar-refractivity contribution in [3.8, 4) is 0 Å². The molecule has 1 saturated heterocycles. The molecule has 0 bridgehead atoms. The molecule has 1 aromatic carbocycles. The molecule has 0 radical (unpaired) electrons. The Balaban J connectivity index is 0.00000144. The van der Waals surface area contributed by atoms with Crippen LogP contribution in [0.4, 0.5) is 10.1 Å². The molecule has 3 nitrogen and oxygen atoms in total. The van der Waals surface area contributed by atoms with Crippen LogP contribution in [0.15, 0.2) is 18.2 Å². The highest BCUT2D eigenvalue weighted by Crippen LogP contribution is 2.18. The van der Waals surface area contributed by atoms with E-state index in [4.69, 9.17) is 0 Å². The molecule has 0 aliphatic carbocycles. The Morgan fingerprint density at radius 1 is 1.59 bits per heavy atom. The van der Waals surface area contributed by atoms with E-state index in [1.807, 2.05) is 0 Å². The number of rotatable bonds is 2. The molecule has 0 saturated carbocycles. The lowest BCUT2D eigenvalue weighted by atomic mass is 10.2. The first-order valence-corrected chi connectivity index (χ1v) is 6.21. The summed E-state index contributed by atoms with van der Waals surface area (Å²) in [6.07, 6.45) is 0. The standard InChI is InChI=1S/C11H13FN2OS.ClH/c1-7-8(12)3-2-4-9(7)14-11(15)10-5-16-6-13-10;/h2-4,10,13H,5-6H2,1H3,(H,14,15);1H. The van der Waals surface area contributed by atoms with Crippen LogP contribution in [0.2, 0.25) is 0 Å². The van der Waals surface area contributed by atoms with E-state index in [2.05, 4.69) is 10.6 Å². The first kappa shape index (κ1) is 14.3. The number of amides is 1. The summed E-state index contributed by atoms with van der Waals surface area (Å²) in [6, 6.07) is 4.51. The van der Waals surface area contributed by atoms with Crippen molar-refractivity contribution in [2.45, 2.75) is 13.0 Å². The van der Waals surface area contributed by atoms with Gasteiger partial charge in [0.05, 0.1) is 6.04 Å². The number of anilines is 1. The van der Waals surface area contributed by atoms with Gasteiger partial charge in [-0.05, 0) is 19.1 Å². The number of halogens is 2. The van der Waals surface area contributed by atoms with Gasteiger partial charge in [-0.1, -0.05) is 6.07 Å². The van der Waals surface area contributed by atoms with Crippen LogP contribution in [0.5, 0.6) is 0 Å². The van der Waals surface area contributed by atoms with Crippen molar-refractivity contribution in [3.05, 3.63) is 29.6 Å². The number of thioether (sulfide) groups is 1. The van der Waals surface area contributed by atoms with Crippen LogP contribution >= 0.6 is 24.2 Å². The average Bonchev–Trinajstić information content (AvgIpc) is 2.78. The number of nitrogens with one attached hydrogen (secondary N) is 2. The first-order chi connectivity index (χ1) is 7.68. The molecule has 1 aliphatic heterocycles. The lowest BCUT2D eigenvalue weighted by molar-refractivity contribution is -0.117. The lowest BCUT2D eigenvalue weighted by Crippen LogP contribution is -2.37. The van der Waals surface area contributed by atoms with Crippen LogP contribution in [-0.2, 0) is 4.79 Å². The Kier molecular flexibility index (Phi) is 5.24. The topological polar surface area (TPSA) is 41.1 Å². The Hall–Kier alpha value is -0.780. The summed E-state index contributed by atoms with van der Waals surface area (Å²) in [6.45, 7) is 1.65. The maximum Gasteiger partial charge on any atom is 0.242 e. The van der Waals surface area contributed by atoms with E-state index < -0.39 is 0 Å². The molecule has 94 valence electrons. The molecular weight excluding hydrogens is 263 g/mol. The number of benzene rings is 1. The van der Waals surface area contributed by atoms with Gasteiger partial charge in [0, 0.05) is 22.9 Å². The van der Waals surface area contributed by atoms with Crippen molar-refractivity contribution in [3.63, 3.8) is 0 Å². The van der Waals surface area contributed by atoms with Gasteiger partial charge in [0.15, 0.2) is 0 Å². The highest BCUT2D eigenvalue weighted by atomic mass is 35.5. The second-order valence-electron chi connectivity index (χ2n) is 3.67. The number of hydrogen-bond donors (Lipinski definition) is 2. The van der Waals surface area contributed by atoms with Crippen LogP contribution in [0.1, 0.15) is 5.56 Å². The SMILES string of the molecule is Cc1c(F)cccc1NC(=O)C1CSCN1.Cl. The van der Waals surface area contributed by atoms with Crippen molar-refractivity contribution in [2.75, 3.05) is 16.9 Å². The maximum absolute atomic E-state index is 13.2. The van der Waals surface area contributed by atoms with Crippen molar-refractivity contribution < 1.29 is 9.18 Å². The quantitative estimate of drug-likeness (QED) is 0.870. The fourth-order valence-corrected chi connectivity index (χ4v) is 2.47. The molecule has 2 N–H and O–H groups in total. The van der Waals surface area contributed by atoms with E-state index in [0.29, 0.717) is 11.3 Å². The lowest BCUT2D eigenvalue weighted by Gasteiger charge is -2.12. The minimum atomic E-state index is -0.299. The maximum atomic E-state index is 13.2. The van der Waals surface area contributed by atoms with Gasteiger partial charge in [-0.15, -0.1) is 24.2 Å². The monoisotopic (exact) mass is 276 g/mol. The number of carbonyl (C=O) groups excluding carboxylic acids is 1. The van der Waals surface area contributed by atoms with Crippen molar-refractivity contribution in [1.82, 2.24) is 5.32 Å². The predicted molar refractivity (Wildman–Crippen MR) is 71.3 cm³/mol. The molecule has 1 aromatic rings. The van der Waals surface area contributed by atoms with Gasteiger partial charge in [-0.2, -0.15) is 0 Å². The third-order valence-corrected chi connectivity index (χ3v) is 3.50. The zero-order valence-corrected chi connectivity index (χ0v) is 11.0. The van der Waals surface area contributed by atoms with Crippen LogP contribution in [0, 0.1) is 12.7 Å². The number of carbonyl (C=O) groups is 1. The van der Waals surface area contributed by atoms with Crippen molar-refractivity contribution in [1.29, 1.82) is 0 Å². The molecule has 1 heterocycles. The van der Waals surface area contributed by atoms with Crippen LogP contribution in [0.25, 0.3) is 0 Å². The molecule has 0 spiro atoms. The summed E-state index contributed by atoms with van der Waals surface area (Å²) >= 11 is 1.68. The minimum Gasteiger partial charge on any atom is -0.324 e. The summed E-state index contributed by atoms with van der Waals surface area (Å²) in [5.74, 6) is 1.16.